The summed E-state index contributed by atoms with van der Waals surface area (Å²) in [5, 5.41) is 4.49. The van der Waals surface area contributed by atoms with E-state index in [-0.39, 0.29) is 17.8 Å². The van der Waals surface area contributed by atoms with E-state index in [0.717, 1.165) is 74.9 Å². The minimum absolute atomic E-state index is 0.0229. The molecule has 1 saturated carbocycles. The first-order chi connectivity index (χ1) is 19.6. The van der Waals surface area contributed by atoms with Crippen LogP contribution in [0.2, 0.25) is 0 Å². The first kappa shape index (κ1) is 28.1. The Balaban J connectivity index is 1.31. The smallest absolute Gasteiger partial charge is 0.410 e. The molecular formula is C31H43N5O5. The summed E-state index contributed by atoms with van der Waals surface area (Å²) in [7, 11) is 2.13. The van der Waals surface area contributed by atoms with Crippen molar-refractivity contribution in [1.82, 2.24) is 24.9 Å². The average Bonchev–Trinajstić information content (AvgIpc) is 3.68. The van der Waals surface area contributed by atoms with Crippen LogP contribution in [-0.2, 0) is 21.4 Å². The molecule has 10 nitrogen and oxygen atoms in total. The van der Waals surface area contributed by atoms with Crippen molar-refractivity contribution in [3.05, 3.63) is 23.1 Å². The number of likely N-dealkylation sites (tertiary alicyclic amines) is 2. The third-order valence-electron chi connectivity index (χ3n) is 9.33. The molecule has 0 N–H and O–H groups in total. The molecule has 6 rings (SSSR count). The van der Waals surface area contributed by atoms with Crippen molar-refractivity contribution in [3.8, 4) is 17.4 Å². The highest BCUT2D eigenvalue weighted by Gasteiger charge is 2.48. The minimum atomic E-state index is -0.555. The SMILES string of the molecule is CN1CCC[C@H]1COc1cc([C@H]2CCN(C(=O)OC(C)(C)C)C2)nc(-c2noc3c2CCC[C@@]32CCCCC2=O)n1. The summed E-state index contributed by atoms with van der Waals surface area (Å²) in [6.07, 6.45) is 8.65. The predicted octanol–water partition coefficient (Wildman–Crippen LogP) is 5.05. The Bertz CT molecular complexity index is 1300. The van der Waals surface area contributed by atoms with E-state index in [1.54, 1.807) is 4.90 Å². The number of hydrogen-bond donors (Lipinski definition) is 0. The van der Waals surface area contributed by atoms with E-state index in [1.807, 2.05) is 26.8 Å². The second-order valence-electron chi connectivity index (χ2n) is 13.4. The van der Waals surface area contributed by atoms with Crippen LogP contribution in [-0.4, -0.2) is 81.7 Å². The van der Waals surface area contributed by atoms with E-state index in [1.165, 1.54) is 6.42 Å². The Kier molecular flexibility index (Phi) is 7.55. The van der Waals surface area contributed by atoms with Crippen LogP contribution in [0.3, 0.4) is 0 Å². The molecule has 0 radical (unpaired) electrons. The normalized spacial score (nSPS) is 26.9. The lowest BCUT2D eigenvalue weighted by molar-refractivity contribution is -0.128. The second-order valence-corrected chi connectivity index (χ2v) is 13.4. The monoisotopic (exact) mass is 565 g/mol. The number of hydrogen-bond acceptors (Lipinski definition) is 9. The summed E-state index contributed by atoms with van der Waals surface area (Å²) >= 11 is 0. The van der Waals surface area contributed by atoms with E-state index in [0.29, 0.717) is 49.6 Å². The van der Waals surface area contributed by atoms with Crippen LogP contribution in [0.15, 0.2) is 10.6 Å². The molecule has 41 heavy (non-hydrogen) atoms. The molecule has 2 aromatic heterocycles. The molecule has 2 aromatic rings. The molecule has 1 amide bonds. The molecule has 0 unspecified atom stereocenters. The van der Waals surface area contributed by atoms with Crippen LogP contribution in [0.1, 0.15) is 101 Å². The lowest BCUT2D eigenvalue weighted by atomic mass is 9.64. The fourth-order valence-corrected chi connectivity index (χ4v) is 7.07. The maximum Gasteiger partial charge on any atom is 0.410 e. The largest absolute Gasteiger partial charge is 0.476 e. The molecule has 222 valence electrons. The van der Waals surface area contributed by atoms with Gasteiger partial charge in [0.1, 0.15) is 18.0 Å². The van der Waals surface area contributed by atoms with Gasteiger partial charge >= 0.3 is 6.09 Å². The number of rotatable bonds is 5. The van der Waals surface area contributed by atoms with E-state index < -0.39 is 11.0 Å². The number of aromatic nitrogens is 3. The Hall–Kier alpha value is -3.01. The third kappa shape index (κ3) is 5.59. The zero-order chi connectivity index (χ0) is 28.8. The zero-order valence-electron chi connectivity index (χ0n) is 24.9. The molecule has 2 saturated heterocycles. The maximum absolute atomic E-state index is 13.2. The van der Waals surface area contributed by atoms with Crippen molar-refractivity contribution in [2.45, 2.75) is 108 Å². The van der Waals surface area contributed by atoms with E-state index in [2.05, 4.69) is 17.1 Å². The highest BCUT2D eigenvalue weighted by atomic mass is 16.6. The Labute approximate surface area is 242 Å². The lowest BCUT2D eigenvalue weighted by Gasteiger charge is -2.36. The first-order valence-corrected chi connectivity index (χ1v) is 15.4. The molecule has 0 aromatic carbocycles. The summed E-state index contributed by atoms with van der Waals surface area (Å²) < 4.78 is 17.9. The number of amides is 1. The van der Waals surface area contributed by atoms with Gasteiger partial charge in [0.15, 0.2) is 17.3 Å². The van der Waals surface area contributed by atoms with Gasteiger partial charge in [-0.05, 0) is 85.7 Å². The quantitative estimate of drug-likeness (QED) is 0.492. The van der Waals surface area contributed by atoms with Gasteiger partial charge in [0, 0.05) is 43.1 Å². The number of Topliss-reactive ketones (excluding diaryl/α,β-unsaturated/α-hetero) is 1. The molecule has 4 heterocycles. The number of fused-ring (bicyclic) bond motifs is 2. The van der Waals surface area contributed by atoms with Crippen LogP contribution in [0, 0.1) is 0 Å². The highest BCUT2D eigenvalue weighted by Crippen LogP contribution is 2.47. The second kappa shape index (κ2) is 11.0. The molecule has 2 aliphatic heterocycles. The Morgan fingerprint density at radius 3 is 2.68 bits per heavy atom. The Morgan fingerprint density at radius 1 is 1.10 bits per heavy atom. The summed E-state index contributed by atoms with van der Waals surface area (Å²) in [5.41, 5.74) is 1.30. The summed E-state index contributed by atoms with van der Waals surface area (Å²) in [4.78, 5) is 39.9. The maximum atomic E-state index is 13.2. The molecule has 10 heteroatoms. The van der Waals surface area contributed by atoms with Gasteiger partial charge in [-0.15, -0.1) is 0 Å². The van der Waals surface area contributed by atoms with Crippen molar-refractivity contribution in [1.29, 1.82) is 0 Å². The van der Waals surface area contributed by atoms with Crippen molar-refractivity contribution in [2.24, 2.45) is 0 Å². The number of carbonyl (C=O) groups is 2. The van der Waals surface area contributed by atoms with Gasteiger partial charge in [-0.2, -0.15) is 4.98 Å². The third-order valence-corrected chi connectivity index (χ3v) is 9.33. The lowest BCUT2D eigenvalue weighted by Crippen LogP contribution is -2.41. The van der Waals surface area contributed by atoms with Crippen molar-refractivity contribution >= 4 is 11.9 Å². The summed E-state index contributed by atoms with van der Waals surface area (Å²) in [5.74, 6) is 2.01. The number of nitrogens with zero attached hydrogens (tertiary/aromatic N) is 5. The molecule has 4 aliphatic rings. The fourth-order valence-electron chi connectivity index (χ4n) is 7.07. The fraction of sp³-hybridized carbons (Fsp3) is 0.710. The summed E-state index contributed by atoms with van der Waals surface area (Å²) in [6.45, 7) is 8.38. The van der Waals surface area contributed by atoms with Crippen molar-refractivity contribution in [2.75, 3.05) is 33.3 Å². The van der Waals surface area contributed by atoms with Gasteiger partial charge in [0.05, 0.1) is 11.1 Å². The molecular weight excluding hydrogens is 522 g/mol. The Morgan fingerprint density at radius 2 is 1.93 bits per heavy atom. The molecule has 2 aliphatic carbocycles. The van der Waals surface area contributed by atoms with Crippen LogP contribution in [0.25, 0.3) is 11.5 Å². The van der Waals surface area contributed by atoms with Gasteiger partial charge in [0.25, 0.3) is 0 Å². The standard InChI is InChI=1S/C31H43N5O5/c1-30(2,3)40-29(38)36-16-12-20(18-36)23-17-25(39-19-21-9-8-15-35(21)4)33-28(32-23)26-22-10-7-14-31(27(22)41-34-26)13-6-5-11-24(31)37/h17,20-21H,5-16,18-19H2,1-4H3/t20-,21-,31+/m0/s1. The summed E-state index contributed by atoms with van der Waals surface area (Å²) in [6, 6.07) is 2.27. The van der Waals surface area contributed by atoms with Gasteiger partial charge in [-0.25, -0.2) is 9.78 Å². The number of likely N-dealkylation sites (N-methyl/N-ethyl adjacent to an activating group) is 1. The van der Waals surface area contributed by atoms with Gasteiger partial charge in [0.2, 0.25) is 5.88 Å². The molecule has 1 spiro atoms. The predicted molar refractivity (Wildman–Crippen MR) is 152 cm³/mol. The zero-order valence-corrected chi connectivity index (χ0v) is 24.9. The molecule has 3 fully saturated rings. The number of ether oxygens (including phenoxy) is 2. The van der Waals surface area contributed by atoms with Gasteiger partial charge < -0.3 is 23.8 Å². The van der Waals surface area contributed by atoms with Crippen LogP contribution in [0.5, 0.6) is 5.88 Å². The average molecular weight is 566 g/mol. The van der Waals surface area contributed by atoms with E-state index in [4.69, 9.17) is 24.0 Å². The van der Waals surface area contributed by atoms with Crippen LogP contribution < -0.4 is 4.74 Å². The van der Waals surface area contributed by atoms with Crippen LogP contribution >= 0.6 is 0 Å². The van der Waals surface area contributed by atoms with Crippen molar-refractivity contribution < 1.29 is 23.6 Å². The van der Waals surface area contributed by atoms with E-state index >= 15 is 0 Å². The van der Waals surface area contributed by atoms with Gasteiger partial charge in [-0.1, -0.05) is 11.6 Å². The van der Waals surface area contributed by atoms with E-state index in [9.17, 15) is 9.59 Å². The first-order valence-electron chi connectivity index (χ1n) is 15.4. The minimum Gasteiger partial charge on any atom is -0.476 e. The highest BCUT2D eigenvalue weighted by molar-refractivity contribution is 5.91. The molecule has 0 bridgehead atoms. The van der Waals surface area contributed by atoms with Crippen molar-refractivity contribution in [3.63, 3.8) is 0 Å². The topological polar surface area (TPSA) is 111 Å². The number of carbonyl (C=O) groups excluding carboxylic acids is 2. The van der Waals surface area contributed by atoms with Crippen LogP contribution in [0.4, 0.5) is 4.79 Å². The number of ketones is 1. The molecule has 3 atom stereocenters. The van der Waals surface area contributed by atoms with Gasteiger partial charge in [-0.3, -0.25) is 4.79 Å².